The number of nitrogens with two attached hydrogens (primary N) is 1. The minimum absolute atomic E-state index is 0.0342. The van der Waals surface area contributed by atoms with Gasteiger partial charge in [0.2, 0.25) is 0 Å². The van der Waals surface area contributed by atoms with Crippen molar-refractivity contribution in [1.29, 1.82) is 0 Å². The molecule has 19 heavy (non-hydrogen) atoms. The molecule has 9 nitrogen and oxygen atoms in total. The lowest BCUT2D eigenvalue weighted by Crippen LogP contribution is -2.48. The summed E-state index contributed by atoms with van der Waals surface area (Å²) in [6.45, 7) is 0.0342. The van der Waals surface area contributed by atoms with E-state index in [2.05, 4.69) is 24.8 Å². The van der Waals surface area contributed by atoms with Gasteiger partial charge in [0.05, 0.1) is 27.4 Å². The highest BCUT2D eigenvalue weighted by molar-refractivity contribution is 5.75. The maximum absolute atomic E-state index is 11.2. The Morgan fingerprint density at radius 2 is 1.63 bits per heavy atom. The van der Waals surface area contributed by atoms with Gasteiger partial charge in [-0.05, 0) is 6.42 Å². The molecule has 0 rings (SSSR count). The van der Waals surface area contributed by atoms with E-state index in [4.69, 9.17) is 5.73 Å². The smallest absolute Gasteiger partial charge is 0.407 e. The van der Waals surface area contributed by atoms with E-state index in [0.717, 1.165) is 0 Å². The van der Waals surface area contributed by atoms with Crippen LogP contribution in [0.4, 0.5) is 9.59 Å². The molecule has 0 bridgehead atoms. The number of ether oxygens (including phenoxy) is 3. The first-order valence-electron chi connectivity index (χ1n) is 5.44. The Morgan fingerprint density at radius 1 is 1.05 bits per heavy atom. The Bertz CT molecular complexity index is 322. The number of esters is 1. The monoisotopic (exact) mass is 277 g/mol. The average molecular weight is 277 g/mol. The number of rotatable bonds is 6. The van der Waals surface area contributed by atoms with Gasteiger partial charge in [0, 0.05) is 6.54 Å². The van der Waals surface area contributed by atoms with Crippen LogP contribution in [0.3, 0.4) is 0 Å². The molecule has 0 saturated carbocycles. The summed E-state index contributed by atoms with van der Waals surface area (Å²) in [6.07, 6.45) is -1.29. The molecule has 0 radical (unpaired) electrons. The third-order valence-electron chi connectivity index (χ3n) is 2.23. The van der Waals surface area contributed by atoms with E-state index in [1.54, 1.807) is 0 Å². The quantitative estimate of drug-likeness (QED) is 0.417. The molecule has 0 aliphatic heterocycles. The number of carbonyl (C=O) groups excluding carboxylic acids is 3. The van der Waals surface area contributed by atoms with Gasteiger partial charge in [-0.3, -0.25) is 4.79 Å². The highest BCUT2D eigenvalue weighted by Gasteiger charge is 2.22. The Balaban J connectivity index is 4.44. The third-order valence-corrected chi connectivity index (χ3v) is 2.23. The Labute approximate surface area is 110 Å². The Kier molecular flexibility index (Phi) is 8.02. The van der Waals surface area contributed by atoms with Crippen LogP contribution in [-0.4, -0.2) is 58.1 Å². The van der Waals surface area contributed by atoms with E-state index in [1.165, 1.54) is 21.3 Å². The standard InChI is InChI=1S/C10H19N3O6/c1-17-8(14)7(11)4-6(13-10(16)19-3)5-12-9(15)18-2/h6-7H,4-5,11H2,1-3H3,(H,12,15)(H,13,16)/t6?,7-/m0/s1. The van der Waals surface area contributed by atoms with E-state index >= 15 is 0 Å². The lowest BCUT2D eigenvalue weighted by atomic mass is 10.1. The normalized spacial score (nSPS) is 12.8. The first kappa shape index (κ1) is 17.0. The first-order valence-corrected chi connectivity index (χ1v) is 5.44. The minimum atomic E-state index is -0.924. The second-order valence-corrected chi connectivity index (χ2v) is 3.57. The first-order chi connectivity index (χ1) is 8.94. The number of methoxy groups -OCH3 is 3. The van der Waals surface area contributed by atoms with E-state index in [0.29, 0.717) is 0 Å². The molecule has 0 aromatic rings. The molecular formula is C10H19N3O6. The molecule has 0 aliphatic rings. The molecular weight excluding hydrogens is 258 g/mol. The number of nitrogens with one attached hydrogen (secondary N) is 2. The molecule has 4 N–H and O–H groups in total. The molecule has 2 amide bonds. The second kappa shape index (κ2) is 8.97. The summed E-state index contributed by atoms with van der Waals surface area (Å²) in [6, 6.07) is -1.52. The van der Waals surface area contributed by atoms with Gasteiger partial charge in [-0.1, -0.05) is 0 Å². The van der Waals surface area contributed by atoms with Crippen LogP contribution in [0.25, 0.3) is 0 Å². The van der Waals surface area contributed by atoms with Gasteiger partial charge in [-0.15, -0.1) is 0 Å². The van der Waals surface area contributed by atoms with Gasteiger partial charge in [0.15, 0.2) is 0 Å². The summed E-state index contributed by atoms with van der Waals surface area (Å²) in [5, 5.41) is 4.82. The Morgan fingerprint density at radius 3 is 2.11 bits per heavy atom. The van der Waals surface area contributed by atoms with Gasteiger partial charge in [-0.25, -0.2) is 9.59 Å². The zero-order chi connectivity index (χ0) is 14.8. The van der Waals surface area contributed by atoms with E-state index in [-0.39, 0.29) is 13.0 Å². The van der Waals surface area contributed by atoms with Crippen molar-refractivity contribution in [2.45, 2.75) is 18.5 Å². The molecule has 0 spiro atoms. The van der Waals surface area contributed by atoms with Crippen molar-refractivity contribution < 1.29 is 28.6 Å². The minimum Gasteiger partial charge on any atom is -0.468 e. The van der Waals surface area contributed by atoms with Crippen LogP contribution in [0.1, 0.15) is 6.42 Å². The summed E-state index contributed by atoms with van der Waals surface area (Å²) in [5.74, 6) is -0.616. The van der Waals surface area contributed by atoms with Crippen LogP contribution in [0.15, 0.2) is 0 Å². The molecule has 1 unspecified atom stereocenters. The van der Waals surface area contributed by atoms with Crippen molar-refractivity contribution >= 4 is 18.2 Å². The van der Waals surface area contributed by atoms with Crippen molar-refractivity contribution in [3.63, 3.8) is 0 Å². The van der Waals surface area contributed by atoms with Crippen molar-refractivity contribution in [2.24, 2.45) is 5.73 Å². The van der Waals surface area contributed by atoms with Gasteiger partial charge in [-0.2, -0.15) is 0 Å². The number of alkyl carbamates (subject to hydrolysis) is 2. The molecule has 0 saturated heterocycles. The van der Waals surface area contributed by atoms with E-state index < -0.39 is 30.2 Å². The fourth-order valence-corrected chi connectivity index (χ4v) is 1.25. The van der Waals surface area contributed by atoms with E-state index in [1.807, 2.05) is 0 Å². The summed E-state index contributed by atoms with van der Waals surface area (Å²) in [7, 11) is 3.61. The second-order valence-electron chi connectivity index (χ2n) is 3.57. The summed E-state index contributed by atoms with van der Waals surface area (Å²) < 4.78 is 13.3. The Hall–Kier alpha value is -2.03. The fourth-order valence-electron chi connectivity index (χ4n) is 1.25. The molecule has 0 fully saturated rings. The zero-order valence-electron chi connectivity index (χ0n) is 11.1. The van der Waals surface area contributed by atoms with Gasteiger partial charge in [0.1, 0.15) is 6.04 Å². The lowest BCUT2D eigenvalue weighted by Gasteiger charge is -2.20. The van der Waals surface area contributed by atoms with Crippen LogP contribution in [0, 0.1) is 0 Å². The third kappa shape index (κ3) is 7.09. The van der Waals surface area contributed by atoms with Gasteiger partial charge < -0.3 is 30.6 Å². The largest absolute Gasteiger partial charge is 0.468 e. The van der Waals surface area contributed by atoms with Crippen molar-refractivity contribution in [3.8, 4) is 0 Å². The fraction of sp³-hybridized carbons (Fsp3) is 0.700. The lowest BCUT2D eigenvalue weighted by molar-refractivity contribution is -0.142. The average Bonchev–Trinajstić information content (AvgIpc) is 2.42. The van der Waals surface area contributed by atoms with Gasteiger partial charge >= 0.3 is 18.2 Å². The predicted octanol–water partition coefficient (Wildman–Crippen LogP) is -1.04. The molecule has 2 atom stereocenters. The summed E-state index contributed by atoms with van der Waals surface area (Å²) in [5.41, 5.74) is 5.57. The number of carbonyl (C=O) groups is 3. The molecule has 0 aromatic carbocycles. The summed E-state index contributed by atoms with van der Waals surface area (Å²) >= 11 is 0. The SMILES string of the molecule is COC(=O)NCC(C[C@H](N)C(=O)OC)NC(=O)OC. The van der Waals surface area contributed by atoms with Crippen molar-refractivity contribution in [1.82, 2.24) is 10.6 Å². The van der Waals surface area contributed by atoms with Crippen molar-refractivity contribution in [3.05, 3.63) is 0 Å². The van der Waals surface area contributed by atoms with Crippen LogP contribution in [0.2, 0.25) is 0 Å². The van der Waals surface area contributed by atoms with Gasteiger partial charge in [0.25, 0.3) is 0 Å². The zero-order valence-corrected chi connectivity index (χ0v) is 11.1. The van der Waals surface area contributed by atoms with Crippen LogP contribution in [-0.2, 0) is 19.0 Å². The molecule has 0 heterocycles. The molecule has 110 valence electrons. The molecule has 0 aliphatic carbocycles. The topological polar surface area (TPSA) is 129 Å². The van der Waals surface area contributed by atoms with Crippen LogP contribution >= 0.6 is 0 Å². The highest BCUT2D eigenvalue weighted by Crippen LogP contribution is 1.99. The maximum Gasteiger partial charge on any atom is 0.407 e. The predicted molar refractivity (Wildman–Crippen MR) is 64.3 cm³/mol. The number of hydrogen-bond acceptors (Lipinski definition) is 7. The van der Waals surface area contributed by atoms with Crippen LogP contribution < -0.4 is 16.4 Å². The molecule has 0 aromatic heterocycles. The molecule has 9 heteroatoms. The van der Waals surface area contributed by atoms with E-state index in [9.17, 15) is 14.4 Å². The number of hydrogen-bond donors (Lipinski definition) is 3. The van der Waals surface area contributed by atoms with Crippen molar-refractivity contribution in [2.75, 3.05) is 27.9 Å². The highest BCUT2D eigenvalue weighted by atomic mass is 16.5. The van der Waals surface area contributed by atoms with Crippen LogP contribution in [0.5, 0.6) is 0 Å². The maximum atomic E-state index is 11.2. The summed E-state index contributed by atoms with van der Waals surface area (Å²) in [4.78, 5) is 33.3. The number of amides is 2.